The summed E-state index contributed by atoms with van der Waals surface area (Å²) in [5, 5.41) is 2.57. The maximum atomic E-state index is 13.5. The second-order valence-electron chi connectivity index (χ2n) is 3.87. The SMILES string of the molecule is COc1ccc(NC(=O)c2ccncc2NN)cc1F. The van der Waals surface area contributed by atoms with Crippen LogP contribution < -0.4 is 21.3 Å². The first-order valence-corrected chi connectivity index (χ1v) is 5.71. The fourth-order valence-corrected chi connectivity index (χ4v) is 1.65. The molecule has 20 heavy (non-hydrogen) atoms. The molecule has 1 aromatic heterocycles. The van der Waals surface area contributed by atoms with Gasteiger partial charge in [0, 0.05) is 18.0 Å². The lowest BCUT2D eigenvalue weighted by Gasteiger charge is -2.10. The molecule has 0 fully saturated rings. The van der Waals surface area contributed by atoms with Gasteiger partial charge in [-0.3, -0.25) is 15.6 Å². The minimum absolute atomic E-state index is 0.108. The van der Waals surface area contributed by atoms with E-state index in [1.165, 1.54) is 43.8 Å². The molecule has 2 aromatic rings. The first-order chi connectivity index (χ1) is 9.65. The number of amides is 1. The Morgan fingerprint density at radius 2 is 2.20 bits per heavy atom. The number of anilines is 2. The maximum Gasteiger partial charge on any atom is 0.257 e. The van der Waals surface area contributed by atoms with Crippen LogP contribution in [0.2, 0.25) is 0 Å². The van der Waals surface area contributed by atoms with Gasteiger partial charge in [-0.15, -0.1) is 0 Å². The molecule has 0 aliphatic heterocycles. The fourth-order valence-electron chi connectivity index (χ4n) is 1.65. The first kappa shape index (κ1) is 13.8. The molecule has 0 saturated carbocycles. The monoisotopic (exact) mass is 276 g/mol. The Balaban J connectivity index is 2.21. The summed E-state index contributed by atoms with van der Waals surface area (Å²) in [5.74, 6) is 4.42. The molecule has 0 atom stereocenters. The van der Waals surface area contributed by atoms with Gasteiger partial charge in [-0.2, -0.15) is 0 Å². The van der Waals surface area contributed by atoms with Gasteiger partial charge in [0.15, 0.2) is 11.6 Å². The molecule has 0 saturated heterocycles. The number of ether oxygens (including phenoxy) is 1. The van der Waals surface area contributed by atoms with E-state index in [9.17, 15) is 9.18 Å². The Labute approximate surface area is 114 Å². The summed E-state index contributed by atoms with van der Waals surface area (Å²) in [6.45, 7) is 0. The molecule has 0 aliphatic rings. The molecule has 7 heteroatoms. The van der Waals surface area contributed by atoms with Crippen LogP contribution in [0.25, 0.3) is 0 Å². The quantitative estimate of drug-likeness (QED) is 0.585. The maximum absolute atomic E-state index is 13.5. The zero-order valence-corrected chi connectivity index (χ0v) is 10.7. The van der Waals surface area contributed by atoms with Crippen LogP contribution in [0.5, 0.6) is 5.75 Å². The molecule has 1 aromatic carbocycles. The molecular weight excluding hydrogens is 263 g/mol. The summed E-state index contributed by atoms with van der Waals surface area (Å²) >= 11 is 0. The first-order valence-electron chi connectivity index (χ1n) is 5.71. The summed E-state index contributed by atoms with van der Waals surface area (Å²) in [7, 11) is 1.37. The Morgan fingerprint density at radius 3 is 2.85 bits per heavy atom. The Hall–Kier alpha value is -2.67. The van der Waals surface area contributed by atoms with Crippen LogP contribution in [-0.4, -0.2) is 18.0 Å². The molecule has 0 radical (unpaired) electrons. The van der Waals surface area contributed by atoms with Crippen LogP contribution in [0.1, 0.15) is 10.4 Å². The number of pyridine rings is 1. The van der Waals surface area contributed by atoms with E-state index in [1.807, 2.05) is 0 Å². The number of aromatic nitrogens is 1. The third-order valence-electron chi connectivity index (χ3n) is 2.63. The van der Waals surface area contributed by atoms with E-state index in [-0.39, 0.29) is 5.75 Å². The number of halogens is 1. The van der Waals surface area contributed by atoms with Crippen molar-refractivity contribution in [2.75, 3.05) is 17.9 Å². The van der Waals surface area contributed by atoms with Crippen molar-refractivity contribution in [2.24, 2.45) is 5.84 Å². The van der Waals surface area contributed by atoms with Gasteiger partial charge in [0.25, 0.3) is 5.91 Å². The number of hydrogen-bond acceptors (Lipinski definition) is 5. The van der Waals surface area contributed by atoms with Crippen molar-refractivity contribution in [2.45, 2.75) is 0 Å². The van der Waals surface area contributed by atoms with Crippen LogP contribution in [0.15, 0.2) is 36.7 Å². The molecule has 4 N–H and O–H groups in total. The van der Waals surface area contributed by atoms with Crippen LogP contribution in [0, 0.1) is 5.82 Å². The van der Waals surface area contributed by atoms with Gasteiger partial charge in [0.1, 0.15) is 0 Å². The number of rotatable bonds is 4. The highest BCUT2D eigenvalue weighted by Gasteiger charge is 2.12. The third kappa shape index (κ3) is 2.83. The minimum Gasteiger partial charge on any atom is -0.494 e. The van der Waals surface area contributed by atoms with E-state index in [0.29, 0.717) is 16.9 Å². The van der Waals surface area contributed by atoms with E-state index in [1.54, 1.807) is 0 Å². The van der Waals surface area contributed by atoms with Crippen molar-refractivity contribution < 1.29 is 13.9 Å². The normalized spacial score (nSPS) is 9.95. The van der Waals surface area contributed by atoms with Crippen molar-refractivity contribution in [3.8, 4) is 5.75 Å². The molecule has 0 unspecified atom stereocenters. The summed E-state index contributed by atoms with van der Waals surface area (Å²) < 4.78 is 18.3. The van der Waals surface area contributed by atoms with Crippen LogP contribution >= 0.6 is 0 Å². The second kappa shape index (κ2) is 5.98. The topological polar surface area (TPSA) is 89.3 Å². The second-order valence-corrected chi connectivity index (χ2v) is 3.87. The van der Waals surface area contributed by atoms with Gasteiger partial charge in [-0.1, -0.05) is 0 Å². The number of nitrogens with zero attached hydrogens (tertiary/aromatic N) is 1. The van der Waals surface area contributed by atoms with Crippen molar-refractivity contribution >= 4 is 17.3 Å². The molecule has 1 heterocycles. The van der Waals surface area contributed by atoms with E-state index in [0.717, 1.165) is 0 Å². The van der Waals surface area contributed by atoms with Gasteiger partial charge in [0.05, 0.1) is 24.6 Å². The molecular formula is C13H13FN4O2. The fraction of sp³-hybridized carbons (Fsp3) is 0.0769. The summed E-state index contributed by atoms with van der Waals surface area (Å²) in [6, 6.07) is 5.65. The number of carbonyl (C=O) groups is 1. The molecule has 1 amide bonds. The zero-order valence-electron chi connectivity index (χ0n) is 10.7. The average molecular weight is 276 g/mol. The number of nitrogens with two attached hydrogens (primary N) is 1. The largest absolute Gasteiger partial charge is 0.494 e. The van der Waals surface area contributed by atoms with Crippen LogP contribution in [-0.2, 0) is 0 Å². The van der Waals surface area contributed by atoms with Crippen LogP contribution in [0.4, 0.5) is 15.8 Å². The van der Waals surface area contributed by atoms with E-state index in [2.05, 4.69) is 15.7 Å². The van der Waals surface area contributed by atoms with Gasteiger partial charge in [-0.05, 0) is 18.2 Å². The molecule has 0 bridgehead atoms. The molecule has 0 spiro atoms. The summed E-state index contributed by atoms with van der Waals surface area (Å²) in [4.78, 5) is 15.9. The molecule has 2 rings (SSSR count). The van der Waals surface area contributed by atoms with E-state index < -0.39 is 11.7 Å². The van der Waals surface area contributed by atoms with Crippen molar-refractivity contribution in [1.29, 1.82) is 0 Å². The number of hydrazine groups is 1. The van der Waals surface area contributed by atoms with Crippen molar-refractivity contribution in [3.05, 3.63) is 48.0 Å². The van der Waals surface area contributed by atoms with Gasteiger partial charge >= 0.3 is 0 Å². The minimum atomic E-state index is -0.558. The Morgan fingerprint density at radius 1 is 1.40 bits per heavy atom. The zero-order chi connectivity index (χ0) is 14.5. The number of carbonyl (C=O) groups excluding carboxylic acids is 1. The average Bonchev–Trinajstić information content (AvgIpc) is 2.47. The van der Waals surface area contributed by atoms with E-state index >= 15 is 0 Å². The summed E-state index contributed by atoms with van der Waals surface area (Å²) in [5.41, 5.74) is 3.37. The van der Waals surface area contributed by atoms with Crippen molar-refractivity contribution in [3.63, 3.8) is 0 Å². The number of nitrogens with one attached hydrogen (secondary N) is 2. The van der Waals surface area contributed by atoms with Crippen molar-refractivity contribution in [1.82, 2.24) is 4.98 Å². The lowest BCUT2D eigenvalue weighted by atomic mass is 10.2. The number of nitrogen functional groups attached to an aromatic ring is 1. The molecule has 0 aliphatic carbocycles. The lowest BCUT2D eigenvalue weighted by Crippen LogP contribution is -2.17. The smallest absolute Gasteiger partial charge is 0.257 e. The van der Waals surface area contributed by atoms with E-state index in [4.69, 9.17) is 10.6 Å². The van der Waals surface area contributed by atoms with Gasteiger partial charge in [-0.25, -0.2) is 4.39 Å². The summed E-state index contributed by atoms with van der Waals surface area (Å²) in [6.07, 6.45) is 2.88. The Kier molecular flexibility index (Phi) is 4.11. The predicted molar refractivity (Wildman–Crippen MR) is 73.0 cm³/mol. The Bertz CT molecular complexity index is 634. The number of hydrogen-bond donors (Lipinski definition) is 3. The highest BCUT2D eigenvalue weighted by Crippen LogP contribution is 2.21. The predicted octanol–water partition coefficient (Wildman–Crippen LogP) is 1.77. The highest BCUT2D eigenvalue weighted by molar-refractivity contribution is 6.07. The molecule has 104 valence electrons. The molecule has 6 nitrogen and oxygen atoms in total. The standard InChI is InChI=1S/C13H13FN4O2/c1-20-12-3-2-8(6-10(12)14)17-13(19)9-4-5-16-7-11(9)18-15/h2-7,18H,15H2,1H3,(H,17,19). The van der Waals surface area contributed by atoms with Gasteiger partial charge in [0.2, 0.25) is 0 Å². The third-order valence-corrected chi connectivity index (χ3v) is 2.63. The lowest BCUT2D eigenvalue weighted by molar-refractivity contribution is 0.102. The number of methoxy groups -OCH3 is 1. The van der Waals surface area contributed by atoms with Crippen LogP contribution in [0.3, 0.4) is 0 Å². The number of benzene rings is 1. The highest BCUT2D eigenvalue weighted by atomic mass is 19.1. The van der Waals surface area contributed by atoms with Gasteiger partial charge < -0.3 is 15.5 Å².